The Kier molecular flexibility index (Phi) is 4.87. The van der Waals surface area contributed by atoms with E-state index < -0.39 is 0 Å². The zero-order valence-electron chi connectivity index (χ0n) is 12.8. The third-order valence-electron chi connectivity index (χ3n) is 4.33. The van der Waals surface area contributed by atoms with Gasteiger partial charge in [0.25, 0.3) is 0 Å². The molecule has 1 N–H and O–H groups in total. The van der Waals surface area contributed by atoms with Gasteiger partial charge >= 0.3 is 0 Å². The van der Waals surface area contributed by atoms with Crippen LogP contribution in [0.25, 0.3) is 0 Å². The second-order valence-electron chi connectivity index (χ2n) is 6.49. The van der Waals surface area contributed by atoms with E-state index in [1.54, 1.807) is 0 Å². The van der Waals surface area contributed by atoms with Gasteiger partial charge < -0.3 is 10.2 Å². The van der Waals surface area contributed by atoms with Crippen LogP contribution in [-0.4, -0.2) is 25.0 Å². The molecule has 0 bridgehead atoms. The summed E-state index contributed by atoms with van der Waals surface area (Å²) >= 11 is 0. The summed E-state index contributed by atoms with van der Waals surface area (Å²) in [4.78, 5) is 2.20. The van der Waals surface area contributed by atoms with E-state index >= 15 is 0 Å². The monoisotopic (exact) mass is 260 g/mol. The Labute approximate surface area is 118 Å². The van der Waals surface area contributed by atoms with E-state index in [0.717, 1.165) is 18.4 Å². The van der Waals surface area contributed by atoms with Gasteiger partial charge in [0, 0.05) is 18.3 Å². The van der Waals surface area contributed by atoms with Crippen molar-refractivity contribution in [2.45, 2.75) is 45.7 Å². The highest BCUT2D eigenvalue weighted by Crippen LogP contribution is 2.31. The Balaban J connectivity index is 1.98. The summed E-state index contributed by atoms with van der Waals surface area (Å²) in [6.07, 6.45) is 4.11. The first-order chi connectivity index (χ1) is 9.06. The number of hydrogen-bond donors (Lipinski definition) is 1. The summed E-state index contributed by atoms with van der Waals surface area (Å²) in [5.74, 6) is 1.57. The summed E-state index contributed by atoms with van der Waals surface area (Å²) in [6, 6.07) is 9.56. The maximum Gasteiger partial charge on any atom is 0.0342 e. The molecule has 106 valence electrons. The van der Waals surface area contributed by atoms with Gasteiger partial charge in [-0.1, -0.05) is 32.4 Å². The number of rotatable bonds is 4. The first-order valence-electron chi connectivity index (χ1n) is 7.56. The molecule has 1 fully saturated rings. The van der Waals surface area contributed by atoms with Gasteiger partial charge in [0.05, 0.1) is 0 Å². The van der Waals surface area contributed by atoms with Crippen LogP contribution in [0.15, 0.2) is 24.3 Å². The minimum atomic E-state index is 0.633. The van der Waals surface area contributed by atoms with Crippen LogP contribution >= 0.6 is 0 Å². The fourth-order valence-electron chi connectivity index (χ4n) is 3.23. The molecule has 1 saturated carbocycles. The van der Waals surface area contributed by atoms with Crippen molar-refractivity contribution in [2.75, 3.05) is 19.4 Å². The van der Waals surface area contributed by atoms with Crippen LogP contribution in [0.5, 0.6) is 0 Å². The van der Waals surface area contributed by atoms with E-state index in [1.165, 1.54) is 30.5 Å². The van der Waals surface area contributed by atoms with Crippen molar-refractivity contribution in [1.29, 1.82) is 0 Å². The van der Waals surface area contributed by atoms with Crippen molar-refractivity contribution in [3.8, 4) is 0 Å². The molecule has 0 amide bonds. The lowest BCUT2D eigenvalue weighted by molar-refractivity contribution is 0.268. The summed E-state index contributed by atoms with van der Waals surface area (Å²) < 4.78 is 0. The molecule has 2 heteroatoms. The van der Waals surface area contributed by atoms with E-state index in [4.69, 9.17) is 0 Å². The maximum atomic E-state index is 3.75. The highest BCUT2D eigenvalue weighted by atomic mass is 15.0. The third kappa shape index (κ3) is 3.97. The summed E-state index contributed by atoms with van der Waals surface area (Å²) in [6.45, 7) is 5.78. The molecule has 0 heterocycles. The molecule has 0 aromatic heterocycles. The van der Waals surface area contributed by atoms with Crippen LogP contribution in [0.3, 0.4) is 0 Å². The zero-order chi connectivity index (χ0) is 13.8. The average Bonchev–Trinajstić information content (AvgIpc) is 2.35. The largest absolute Gasteiger partial charge is 0.382 e. The van der Waals surface area contributed by atoms with Gasteiger partial charge in [-0.3, -0.25) is 0 Å². The van der Waals surface area contributed by atoms with Crippen molar-refractivity contribution in [2.24, 2.45) is 11.8 Å². The van der Waals surface area contributed by atoms with Gasteiger partial charge in [-0.05, 0) is 56.5 Å². The van der Waals surface area contributed by atoms with Crippen LogP contribution in [0.1, 0.15) is 38.7 Å². The number of nitrogens with one attached hydrogen (secondary N) is 1. The maximum absolute atomic E-state index is 3.75. The Morgan fingerprint density at radius 3 is 2.16 bits per heavy atom. The number of hydrogen-bond acceptors (Lipinski definition) is 2. The van der Waals surface area contributed by atoms with Crippen molar-refractivity contribution >= 4 is 5.69 Å². The second kappa shape index (κ2) is 6.42. The van der Waals surface area contributed by atoms with Crippen LogP contribution < -0.4 is 5.32 Å². The Morgan fingerprint density at radius 1 is 1.05 bits per heavy atom. The summed E-state index contributed by atoms with van der Waals surface area (Å²) in [5.41, 5.74) is 2.65. The molecule has 0 radical (unpaired) electrons. The molecule has 0 saturated heterocycles. The minimum absolute atomic E-state index is 0.633. The molecular formula is C17H28N2. The van der Waals surface area contributed by atoms with E-state index in [9.17, 15) is 0 Å². The Morgan fingerprint density at radius 2 is 1.63 bits per heavy atom. The molecule has 2 rings (SSSR count). The molecule has 19 heavy (non-hydrogen) atoms. The second-order valence-corrected chi connectivity index (χ2v) is 6.49. The third-order valence-corrected chi connectivity index (χ3v) is 4.33. The number of benzene rings is 1. The lowest BCUT2D eigenvalue weighted by atomic mass is 9.78. The predicted octanol–water partition coefficient (Wildman–Crippen LogP) is 3.98. The molecule has 2 unspecified atom stereocenters. The van der Waals surface area contributed by atoms with Crippen LogP contribution in [-0.2, 0) is 6.54 Å². The van der Waals surface area contributed by atoms with Gasteiger partial charge in [-0.2, -0.15) is 0 Å². The number of anilines is 1. The topological polar surface area (TPSA) is 15.3 Å². The van der Waals surface area contributed by atoms with Crippen molar-refractivity contribution in [3.63, 3.8) is 0 Å². The molecule has 1 aliphatic carbocycles. The van der Waals surface area contributed by atoms with E-state index in [2.05, 4.69) is 62.4 Å². The van der Waals surface area contributed by atoms with Gasteiger partial charge in [0.15, 0.2) is 0 Å². The molecule has 2 atom stereocenters. The average molecular weight is 260 g/mol. The summed E-state index contributed by atoms with van der Waals surface area (Å²) in [7, 11) is 4.22. The van der Waals surface area contributed by atoms with Crippen LogP contribution in [0.4, 0.5) is 5.69 Å². The Hall–Kier alpha value is -1.02. The molecule has 1 aromatic carbocycles. The van der Waals surface area contributed by atoms with Crippen LogP contribution in [0, 0.1) is 11.8 Å². The van der Waals surface area contributed by atoms with Crippen molar-refractivity contribution in [3.05, 3.63) is 29.8 Å². The lowest BCUT2D eigenvalue weighted by Crippen LogP contribution is -2.37. The fourth-order valence-corrected chi connectivity index (χ4v) is 3.23. The molecular weight excluding hydrogens is 232 g/mol. The van der Waals surface area contributed by atoms with Gasteiger partial charge in [-0.15, -0.1) is 0 Å². The normalized spacial score (nSPS) is 27.5. The highest BCUT2D eigenvalue weighted by Gasteiger charge is 2.27. The molecule has 0 aliphatic heterocycles. The molecule has 1 aliphatic rings. The van der Waals surface area contributed by atoms with E-state index in [-0.39, 0.29) is 0 Å². The van der Waals surface area contributed by atoms with Crippen molar-refractivity contribution < 1.29 is 0 Å². The highest BCUT2D eigenvalue weighted by molar-refractivity contribution is 5.45. The smallest absolute Gasteiger partial charge is 0.0342 e. The van der Waals surface area contributed by atoms with E-state index in [1.807, 2.05) is 0 Å². The lowest BCUT2D eigenvalue weighted by Gasteiger charge is -2.36. The van der Waals surface area contributed by atoms with E-state index in [0.29, 0.717) is 6.04 Å². The minimum Gasteiger partial charge on any atom is -0.382 e. The Bertz CT molecular complexity index is 373. The molecule has 0 spiro atoms. The van der Waals surface area contributed by atoms with Gasteiger partial charge in [0.1, 0.15) is 0 Å². The fraction of sp³-hybridized carbons (Fsp3) is 0.647. The quantitative estimate of drug-likeness (QED) is 0.880. The first-order valence-corrected chi connectivity index (χ1v) is 7.56. The van der Waals surface area contributed by atoms with Crippen molar-refractivity contribution in [1.82, 2.24) is 4.90 Å². The van der Waals surface area contributed by atoms with Crippen LogP contribution in [0.2, 0.25) is 0 Å². The molecule has 2 nitrogen and oxygen atoms in total. The van der Waals surface area contributed by atoms with Gasteiger partial charge in [-0.25, -0.2) is 0 Å². The SMILES string of the molecule is CC1CCCC(C)C1Nc1ccc(CN(C)C)cc1. The predicted molar refractivity (Wildman–Crippen MR) is 83.4 cm³/mol. The standard InChI is InChI=1S/C17H28N2/c1-13-6-5-7-14(2)17(13)18-16-10-8-15(9-11-16)12-19(3)4/h8-11,13-14,17-18H,5-7,12H2,1-4H3. The number of nitrogens with zero attached hydrogens (tertiary/aromatic N) is 1. The molecule has 1 aromatic rings. The zero-order valence-corrected chi connectivity index (χ0v) is 12.8. The van der Waals surface area contributed by atoms with Gasteiger partial charge in [0.2, 0.25) is 0 Å². The summed E-state index contributed by atoms with van der Waals surface area (Å²) in [5, 5.41) is 3.75. The first kappa shape index (κ1) is 14.4.